The summed E-state index contributed by atoms with van der Waals surface area (Å²) >= 11 is 0. The summed E-state index contributed by atoms with van der Waals surface area (Å²) in [6, 6.07) is 5.16. The fourth-order valence-electron chi connectivity index (χ4n) is 2.49. The fraction of sp³-hybridized carbons (Fsp3) is 0.533. The van der Waals surface area contributed by atoms with Crippen molar-refractivity contribution in [2.45, 2.75) is 39.2 Å². The van der Waals surface area contributed by atoms with Gasteiger partial charge < -0.3 is 10.2 Å². The number of anilines is 1. The molecule has 114 valence electrons. The normalized spacial score (nSPS) is 15.1. The van der Waals surface area contributed by atoms with Crippen LogP contribution in [-0.2, 0) is 11.3 Å². The van der Waals surface area contributed by atoms with Crippen molar-refractivity contribution >= 4 is 17.3 Å². The zero-order valence-electron chi connectivity index (χ0n) is 12.3. The summed E-state index contributed by atoms with van der Waals surface area (Å²) in [5, 5.41) is 14.2. The Balaban J connectivity index is 2.15. The molecule has 1 N–H and O–H groups in total. The van der Waals surface area contributed by atoms with Gasteiger partial charge in [-0.25, -0.2) is 0 Å². The van der Waals surface area contributed by atoms with Crippen LogP contribution in [0.3, 0.4) is 0 Å². The van der Waals surface area contributed by atoms with Crippen LogP contribution >= 0.6 is 0 Å². The molecule has 0 atom stereocenters. The van der Waals surface area contributed by atoms with E-state index in [2.05, 4.69) is 5.32 Å². The van der Waals surface area contributed by atoms with E-state index in [0.29, 0.717) is 25.2 Å². The topological polar surface area (TPSA) is 75.5 Å². The summed E-state index contributed by atoms with van der Waals surface area (Å²) in [5.41, 5.74) is 1.42. The first-order valence-corrected chi connectivity index (χ1v) is 7.40. The number of rotatable bonds is 6. The van der Waals surface area contributed by atoms with Crippen LogP contribution in [0.1, 0.15) is 38.2 Å². The van der Waals surface area contributed by atoms with Crippen molar-refractivity contribution < 1.29 is 9.72 Å². The highest BCUT2D eigenvalue weighted by atomic mass is 16.6. The van der Waals surface area contributed by atoms with Gasteiger partial charge in [0.2, 0.25) is 5.91 Å². The number of piperidine rings is 1. The summed E-state index contributed by atoms with van der Waals surface area (Å²) in [7, 11) is 0. The number of hydrogen-bond donors (Lipinski definition) is 1. The van der Waals surface area contributed by atoms with Crippen LogP contribution in [0.5, 0.6) is 0 Å². The molecule has 1 amide bonds. The second-order valence-corrected chi connectivity index (χ2v) is 5.31. The molecule has 0 spiro atoms. The molecule has 0 bridgehead atoms. The zero-order valence-corrected chi connectivity index (χ0v) is 12.3. The van der Waals surface area contributed by atoms with E-state index in [1.165, 1.54) is 0 Å². The average molecular weight is 291 g/mol. The molecule has 6 nitrogen and oxygen atoms in total. The summed E-state index contributed by atoms with van der Waals surface area (Å²) < 4.78 is 0. The predicted octanol–water partition coefficient (Wildman–Crippen LogP) is 2.93. The molecule has 1 heterocycles. The van der Waals surface area contributed by atoms with Gasteiger partial charge in [-0.15, -0.1) is 0 Å². The van der Waals surface area contributed by atoms with Crippen LogP contribution in [0, 0.1) is 10.1 Å². The van der Waals surface area contributed by atoms with Gasteiger partial charge in [-0.05, 0) is 30.9 Å². The van der Waals surface area contributed by atoms with Crippen LogP contribution in [0.4, 0.5) is 11.4 Å². The van der Waals surface area contributed by atoms with Crippen molar-refractivity contribution in [2.24, 2.45) is 0 Å². The van der Waals surface area contributed by atoms with Gasteiger partial charge in [0.05, 0.1) is 4.92 Å². The van der Waals surface area contributed by atoms with E-state index in [1.807, 2.05) is 13.0 Å². The second kappa shape index (κ2) is 7.06. The Kier molecular flexibility index (Phi) is 5.14. The molecule has 2 rings (SSSR count). The SMILES string of the molecule is CCCNc1ccc(CN2CCCCC2=O)cc1[N+](=O)[O-]. The van der Waals surface area contributed by atoms with E-state index in [4.69, 9.17) is 0 Å². The predicted molar refractivity (Wildman–Crippen MR) is 81.1 cm³/mol. The lowest BCUT2D eigenvalue weighted by atomic mass is 10.1. The minimum absolute atomic E-state index is 0.0745. The molecule has 6 heteroatoms. The van der Waals surface area contributed by atoms with E-state index in [9.17, 15) is 14.9 Å². The Hall–Kier alpha value is -2.11. The molecule has 21 heavy (non-hydrogen) atoms. The van der Waals surface area contributed by atoms with Crippen molar-refractivity contribution in [2.75, 3.05) is 18.4 Å². The Morgan fingerprint density at radius 2 is 2.19 bits per heavy atom. The largest absolute Gasteiger partial charge is 0.380 e. The molecular weight excluding hydrogens is 270 g/mol. The number of amides is 1. The van der Waals surface area contributed by atoms with E-state index in [0.717, 1.165) is 31.4 Å². The molecular formula is C15H21N3O3. The monoisotopic (exact) mass is 291 g/mol. The van der Waals surface area contributed by atoms with Gasteiger partial charge in [-0.1, -0.05) is 13.0 Å². The number of carbonyl (C=O) groups is 1. The number of likely N-dealkylation sites (tertiary alicyclic amines) is 1. The van der Waals surface area contributed by atoms with Gasteiger partial charge in [0, 0.05) is 32.1 Å². The van der Waals surface area contributed by atoms with Gasteiger partial charge >= 0.3 is 0 Å². The average Bonchev–Trinajstić information content (AvgIpc) is 2.48. The lowest BCUT2D eigenvalue weighted by Gasteiger charge is -2.26. The van der Waals surface area contributed by atoms with E-state index < -0.39 is 0 Å². The maximum Gasteiger partial charge on any atom is 0.292 e. The van der Waals surface area contributed by atoms with Crippen LogP contribution in [0.15, 0.2) is 18.2 Å². The van der Waals surface area contributed by atoms with Gasteiger partial charge in [0.1, 0.15) is 5.69 Å². The second-order valence-electron chi connectivity index (χ2n) is 5.31. The highest BCUT2D eigenvalue weighted by Gasteiger charge is 2.20. The maximum atomic E-state index is 11.8. The maximum absolute atomic E-state index is 11.8. The van der Waals surface area contributed by atoms with Crippen LogP contribution in [-0.4, -0.2) is 28.8 Å². The number of nitro benzene ring substituents is 1. The van der Waals surface area contributed by atoms with Crippen molar-refractivity contribution in [3.8, 4) is 0 Å². The number of nitro groups is 1. The van der Waals surface area contributed by atoms with Crippen molar-refractivity contribution in [1.29, 1.82) is 0 Å². The van der Waals surface area contributed by atoms with Crippen LogP contribution in [0.2, 0.25) is 0 Å². The quantitative estimate of drug-likeness (QED) is 0.646. The minimum Gasteiger partial charge on any atom is -0.380 e. The Morgan fingerprint density at radius 3 is 2.86 bits per heavy atom. The molecule has 0 aromatic heterocycles. The molecule has 1 aliphatic heterocycles. The highest BCUT2D eigenvalue weighted by Crippen LogP contribution is 2.26. The molecule has 0 aliphatic carbocycles. The smallest absolute Gasteiger partial charge is 0.292 e. The van der Waals surface area contributed by atoms with E-state index in [1.54, 1.807) is 17.0 Å². The van der Waals surface area contributed by atoms with Gasteiger partial charge in [-0.2, -0.15) is 0 Å². The molecule has 1 fully saturated rings. The third-order valence-electron chi connectivity index (χ3n) is 3.62. The minimum atomic E-state index is -0.375. The number of nitrogens with one attached hydrogen (secondary N) is 1. The Labute approximate surface area is 124 Å². The Morgan fingerprint density at radius 1 is 1.38 bits per heavy atom. The number of hydrogen-bond acceptors (Lipinski definition) is 4. The van der Waals surface area contributed by atoms with Gasteiger partial charge in [0.25, 0.3) is 5.69 Å². The van der Waals surface area contributed by atoms with Crippen molar-refractivity contribution in [1.82, 2.24) is 4.90 Å². The van der Waals surface area contributed by atoms with Crippen LogP contribution in [0.25, 0.3) is 0 Å². The van der Waals surface area contributed by atoms with Crippen LogP contribution < -0.4 is 5.32 Å². The highest BCUT2D eigenvalue weighted by molar-refractivity contribution is 5.77. The fourth-order valence-corrected chi connectivity index (χ4v) is 2.49. The van der Waals surface area contributed by atoms with E-state index in [-0.39, 0.29) is 16.5 Å². The number of nitrogens with zero attached hydrogens (tertiary/aromatic N) is 2. The van der Waals surface area contributed by atoms with E-state index >= 15 is 0 Å². The summed E-state index contributed by atoms with van der Waals surface area (Å²) in [4.78, 5) is 24.4. The third-order valence-corrected chi connectivity index (χ3v) is 3.62. The third kappa shape index (κ3) is 3.93. The molecule has 1 aliphatic rings. The first-order valence-electron chi connectivity index (χ1n) is 7.40. The molecule has 0 radical (unpaired) electrons. The lowest BCUT2D eigenvalue weighted by Crippen LogP contribution is -2.34. The molecule has 1 aromatic carbocycles. The van der Waals surface area contributed by atoms with Gasteiger partial charge in [0.15, 0.2) is 0 Å². The first-order chi connectivity index (χ1) is 10.1. The molecule has 1 aromatic rings. The first kappa shape index (κ1) is 15.3. The number of benzene rings is 1. The molecule has 0 unspecified atom stereocenters. The lowest BCUT2D eigenvalue weighted by molar-refractivity contribution is -0.384. The summed E-state index contributed by atoms with van der Waals surface area (Å²) in [6.07, 6.45) is 3.43. The molecule has 1 saturated heterocycles. The summed E-state index contributed by atoms with van der Waals surface area (Å²) in [5.74, 6) is 0.136. The summed E-state index contributed by atoms with van der Waals surface area (Å²) in [6.45, 7) is 3.90. The van der Waals surface area contributed by atoms with Crippen molar-refractivity contribution in [3.05, 3.63) is 33.9 Å². The number of carbonyl (C=O) groups excluding carboxylic acids is 1. The van der Waals surface area contributed by atoms with Crippen molar-refractivity contribution in [3.63, 3.8) is 0 Å². The zero-order chi connectivity index (χ0) is 15.2. The standard InChI is InChI=1S/C15H21N3O3/c1-2-8-16-13-7-6-12(10-14(13)18(20)21)11-17-9-4-3-5-15(17)19/h6-7,10,16H,2-5,8-9,11H2,1H3. The Bertz CT molecular complexity index is 531. The van der Waals surface area contributed by atoms with Gasteiger partial charge in [-0.3, -0.25) is 14.9 Å². The molecule has 0 saturated carbocycles.